The third kappa shape index (κ3) is 3.30. The maximum absolute atomic E-state index is 11.7. The van der Waals surface area contributed by atoms with Gasteiger partial charge in [0.25, 0.3) is 0 Å². The molecule has 0 spiro atoms. The molecule has 2 aliphatic heterocycles. The number of amides is 1. The van der Waals surface area contributed by atoms with Crippen LogP contribution in [0, 0.1) is 0 Å². The van der Waals surface area contributed by atoms with Crippen molar-refractivity contribution in [3.05, 3.63) is 23.8 Å². The van der Waals surface area contributed by atoms with Crippen LogP contribution in [0.15, 0.2) is 22.6 Å². The van der Waals surface area contributed by atoms with Crippen molar-refractivity contribution in [3.8, 4) is 5.75 Å². The zero-order valence-electron chi connectivity index (χ0n) is 13.4. The summed E-state index contributed by atoms with van der Waals surface area (Å²) in [6.45, 7) is 2.62. The molecule has 1 aromatic carbocycles. The van der Waals surface area contributed by atoms with E-state index in [0.717, 1.165) is 25.8 Å². The van der Waals surface area contributed by atoms with E-state index in [1.165, 1.54) is 0 Å². The monoisotopic (exact) mass is 352 g/mol. The topological polar surface area (TPSA) is 114 Å². The minimum absolute atomic E-state index is 0.00514. The van der Waals surface area contributed by atoms with Crippen molar-refractivity contribution in [3.63, 3.8) is 0 Å². The average molecular weight is 352 g/mol. The fourth-order valence-electron chi connectivity index (χ4n) is 3.11. The summed E-state index contributed by atoms with van der Waals surface area (Å²) in [5.41, 5.74) is 6.56. The Kier molecular flexibility index (Phi) is 4.35. The van der Waals surface area contributed by atoms with Crippen LogP contribution in [0.25, 0.3) is 0 Å². The number of nitrogens with two attached hydrogens (primary N) is 1. The van der Waals surface area contributed by atoms with Crippen LogP contribution in [-0.2, 0) is 15.0 Å². The average Bonchev–Trinajstić information content (AvgIpc) is 2.51. The van der Waals surface area contributed by atoms with Crippen molar-refractivity contribution < 1.29 is 17.9 Å². The highest BCUT2D eigenvalue weighted by molar-refractivity contribution is 7.91. The number of piperidine rings is 1. The molecule has 3 N–H and O–H groups in total. The van der Waals surface area contributed by atoms with Crippen LogP contribution in [0.1, 0.15) is 31.7 Å². The number of nitrogens with one attached hydrogen (secondary N) is 1. The highest BCUT2D eigenvalue weighted by Crippen LogP contribution is 2.31. The minimum atomic E-state index is -3.81. The van der Waals surface area contributed by atoms with Crippen LogP contribution in [0.2, 0.25) is 0 Å². The number of likely N-dealkylation sites (tertiary alicyclic amines) is 1. The molecule has 0 bridgehead atoms. The first-order valence-corrected chi connectivity index (χ1v) is 9.23. The fourth-order valence-corrected chi connectivity index (χ4v) is 3.96. The van der Waals surface area contributed by atoms with Crippen molar-refractivity contribution in [2.45, 2.75) is 32.2 Å². The van der Waals surface area contributed by atoms with Crippen molar-refractivity contribution in [2.24, 2.45) is 10.1 Å². The molecule has 0 unspecified atom stereocenters. The number of ether oxygens (including phenoxy) is 1. The van der Waals surface area contributed by atoms with Gasteiger partial charge in [0.1, 0.15) is 12.4 Å². The molecule has 1 fully saturated rings. The zero-order valence-corrected chi connectivity index (χ0v) is 14.2. The van der Waals surface area contributed by atoms with Gasteiger partial charge in [-0.15, -0.1) is 4.40 Å². The van der Waals surface area contributed by atoms with Crippen molar-refractivity contribution >= 4 is 27.6 Å². The Labute approximate surface area is 140 Å². The van der Waals surface area contributed by atoms with Gasteiger partial charge in [0.2, 0.25) is 5.91 Å². The van der Waals surface area contributed by atoms with Gasteiger partial charge >= 0.3 is 10.2 Å². The standard InChI is InChI=1S/C15H20N4O4S/c1-10(20)19-8-3-2-5-11(19)9-23-13-7-4-6-12-14(13)15(16)18-24(21,22)17-12/h4,6-7,11,17H,2-3,5,8-9H2,1H3,(H2,16,18)/t11-/m1/s1. The lowest BCUT2D eigenvalue weighted by Crippen LogP contribution is -2.45. The van der Waals surface area contributed by atoms with Crippen molar-refractivity contribution in [2.75, 3.05) is 17.9 Å². The predicted octanol–water partition coefficient (Wildman–Crippen LogP) is 0.842. The summed E-state index contributed by atoms with van der Waals surface area (Å²) in [6, 6.07) is 5.00. The van der Waals surface area contributed by atoms with E-state index in [1.807, 2.05) is 4.90 Å². The number of nitrogens with zero attached hydrogens (tertiary/aromatic N) is 2. The number of hydrogen-bond acceptors (Lipinski definition) is 5. The molecule has 0 saturated carbocycles. The highest BCUT2D eigenvalue weighted by Gasteiger charge is 2.27. The van der Waals surface area contributed by atoms with Gasteiger partial charge in [-0.2, -0.15) is 8.42 Å². The smallest absolute Gasteiger partial charge is 0.344 e. The van der Waals surface area contributed by atoms with E-state index >= 15 is 0 Å². The Morgan fingerprint density at radius 3 is 3.00 bits per heavy atom. The van der Waals surface area contributed by atoms with Gasteiger partial charge in [0, 0.05) is 13.5 Å². The SMILES string of the molecule is CC(=O)N1CCCC[C@@H]1COc1cccc2c1C(N)=NS(=O)(=O)N2. The second-order valence-corrected chi connectivity index (χ2v) is 7.24. The molecule has 2 heterocycles. The Morgan fingerprint density at radius 1 is 1.46 bits per heavy atom. The summed E-state index contributed by atoms with van der Waals surface area (Å²) in [6.07, 6.45) is 2.93. The molecule has 130 valence electrons. The predicted molar refractivity (Wildman–Crippen MR) is 90.2 cm³/mol. The van der Waals surface area contributed by atoms with Gasteiger partial charge in [0.05, 0.1) is 17.3 Å². The van der Waals surface area contributed by atoms with E-state index in [4.69, 9.17) is 10.5 Å². The number of amidine groups is 1. The molecule has 24 heavy (non-hydrogen) atoms. The lowest BCUT2D eigenvalue weighted by Gasteiger charge is -2.35. The normalized spacial score (nSPS) is 22.1. The quantitative estimate of drug-likeness (QED) is 0.837. The number of fused-ring (bicyclic) bond motifs is 1. The number of hydrogen-bond donors (Lipinski definition) is 2. The summed E-state index contributed by atoms with van der Waals surface area (Å²) in [5.74, 6) is 0.379. The first-order valence-electron chi connectivity index (χ1n) is 7.79. The van der Waals surface area contributed by atoms with Gasteiger partial charge in [-0.25, -0.2) is 0 Å². The number of carbonyl (C=O) groups excluding carboxylic acids is 1. The van der Waals surface area contributed by atoms with Crippen LogP contribution in [0.5, 0.6) is 5.75 Å². The molecule has 2 aliphatic rings. The van der Waals surface area contributed by atoms with Gasteiger partial charge < -0.3 is 15.4 Å². The first kappa shape index (κ1) is 16.6. The molecule has 1 amide bonds. The van der Waals surface area contributed by atoms with E-state index in [9.17, 15) is 13.2 Å². The molecule has 0 radical (unpaired) electrons. The molecule has 8 nitrogen and oxygen atoms in total. The lowest BCUT2D eigenvalue weighted by molar-refractivity contribution is -0.133. The molecular weight excluding hydrogens is 332 g/mol. The molecule has 9 heteroatoms. The largest absolute Gasteiger partial charge is 0.491 e. The van der Waals surface area contributed by atoms with Crippen LogP contribution < -0.4 is 15.2 Å². The zero-order chi connectivity index (χ0) is 17.3. The number of anilines is 1. The maximum Gasteiger partial charge on any atom is 0.344 e. The second-order valence-electron chi connectivity index (χ2n) is 5.91. The summed E-state index contributed by atoms with van der Waals surface area (Å²) in [5, 5.41) is 0. The van der Waals surface area contributed by atoms with E-state index in [1.54, 1.807) is 25.1 Å². The molecular formula is C15H20N4O4S. The van der Waals surface area contributed by atoms with Crippen molar-refractivity contribution in [1.29, 1.82) is 0 Å². The molecule has 3 rings (SSSR count). The fraction of sp³-hybridized carbons (Fsp3) is 0.467. The number of carbonyl (C=O) groups is 1. The maximum atomic E-state index is 11.7. The van der Waals surface area contributed by atoms with E-state index in [-0.39, 0.29) is 17.8 Å². The van der Waals surface area contributed by atoms with Gasteiger partial charge in [-0.05, 0) is 31.4 Å². The first-order chi connectivity index (χ1) is 11.4. The summed E-state index contributed by atoms with van der Waals surface area (Å²) >= 11 is 0. The molecule has 0 aromatic heterocycles. The van der Waals surface area contributed by atoms with Crippen LogP contribution >= 0.6 is 0 Å². The third-order valence-electron chi connectivity index (χ3n) is 4.20. The van der Waals surface area contributed by atoms with E-state index < -0.39 is 10.2 Å². The lowest BCUT2D eigenvalue weighted by atomic mass is 10.0. The minimum Gasteiger partial charge on any atom is -0.491 e. The Hall–Kier alpha value is -2.29. The van der Waals surface area contributed by atoms with Crippen LogP contribution in [0.3, 0.4) is 0 Å². The van der Waals surface area contributed by atoms with Crippen LogP contribution in [0.4, 0.5) is 5.69 Å². The molecule has 1 aromatic rings. The Balaban J connectivity index is 1.81. The Bertz CT molecular complexity index is 791. The van der Waals surface area contributed by atoms with Crippen LogP contribution in [-0.4, -0.2) is 44.3 Å². The molecule has 1 atom stereocenters. The van der Waals surface area contributed by atoms with Gasteiger partial charge in [0.15, 0.2) is 5.84 Å². The van der Waals surface area contributed by atoms with Crippen molar-refractivity contribution in [1.82, 2.24) is 4.90 Å². The third-order valence-corrected chi connectivity index (χ3v) is 5.12. The molecule has 0 aliphatic carbocycles. The second kappa shape index (κ2) is 6.31. The molecule has 1 saturated heterocycles. The summed E-state index contributed by atoms with van der Waals surface area (Å²) in [7, 11) is -3.81. The summed E-state index contributed by atoms with van der Waals surface area (Å²) < 4.78 is 34.9. The van der Waals surface area contributed by atoms with Gasteiger partial charge in [-0.3, -0.25) is 9.52 Å². The van der Waals surface area contributed by atoms with E-state index in [0.29, 0.717) is 23.6 Å². The number of rotatable bonds is 3. The summed E-state index contributed by atoms with van der Waals surface area (Å²) in [4.78, 5) is 13.5. The highest BCUT2D eigenvalue weighted by atomic mass is 32.2. The Morgan fingerprint density at radius 2 is 2.25 bits per heavy atom. The number of benzene rings is 1. The van der Waals surface area contributed by atoms with Gasteiger partial charge in [-0.1, -0.05) is 6.07 Å². The van der Waals surface area contributed by atoms with E-state index in [2.05, 4.69) is 9.12 Å².